The molecule has 0 saturated heterocycles. The fourth-order valence-corrected chi connectivity index (χ4v) is 2.26. The van der Waals surface area contributed by atoms with Gasteiger partial charge in [0.25, 0.3) is 0 Å². The zero-order valence-electron chi connectivity index (χ0n) is 7.97. The third-order valence-electron chi connectivity index (χ3n) is 2.29. The van der Waals surface area contributed by atoms with E-state index in [2.05, 4.69) is 40.7 Å². The van der Waals surface area contributed by atoms with Gasteiger partial charge in [0.05, 0.1) is 16.1 Å². The van der Waals surface area contributed by atoms with E-state index in [4.69, 9.17) is 0 Å². The van der Waals surface area contributed by atoms with Crippen LogP contribution in [-0.4, -0.2) is 4.98 Å². The van der Waals surface area contributed by atoms with Crippen molar-refractivity contribution in [3.05, 3.63) is 53.9 Å². The summed E-state index contributed by atoms with van der Waals surface area (Å²) in [7, 11) is 0. The molecule has 1 aromatic carbocycles. The van der Waals surface area contributed by atoms with Crippen LogP contribution < -0.4 is 0 Å². The SMILES string of the molecule is [c]1cccc2ccc(-c3cccs3)nc12. The van der Waals surface area contributed by atoms with Gasteiger partial charge in [-0.3, -0.25) is 0 Å². The summed E-state index contributed by atoms with van der Waals surface area (Å²) in [6, 6.07) is 17.4. The summed E-state index contributed by atoms with van der Waals surface area (Å²) in [6.45, 7) is 0. The molecule has 15 heavy (non-hydrogen) atoms. The number of para-hydroxylation sites is 1. The molecule has 0 saturated carbocycles. The second-order valence-corrected chi connectivity index (χ2v) is 4.23. The van der Waals surface area contributed by atoms with Gasteiger partial charge in [0, 0.05) is 11.5 Å². The lowest BCUT2D eigenvalue weighted by Gasteiger charge is -1.99. The van der Waals surface area contributed by atoms with E-state index in [1.54, 1.807) is 11.3 Å². The molecular formula is C13H8NS. The van der Waals surface area contributed by atoms with E-state index < -0.39 is 0 Å². The molecule has 0 amide bonds. The first-order valence-electron chi connectivity index (χ1n) is 4.75. The van der Waals surface area contributed by atoms with Crippen molar-refractivity contribution in [2.24, 2.45) is 0 Å². The van der Waals surface area contributed by atoms with Crippen LogP contribution in [0.3, 0.4) is 0 Å². The Morgan fingerprint density at radius 2 is 2.07 bits per heavy atom. The maximum atomic E-state index is 4.57. The summed E-state index contributed by atoms with van der Waals surface area (Å²) in [5, 5.41) is 3.20. The van der Waals surface area contributed by atoms with Gasteiger partial charge in [-0.25, -0.2) is 4.98 Å². The molecule has 0 spiro atoms. The van der Waals surface area contributed by atoms with Crippen LogP contribution in [0, 0.1) is 6.07 Å². The Morgan fingerprint density at radius 1 is 1.07 bits per heavy atom. The Morgan fingerprint density at radius 3 is 2.93 bits per heavy atom. The molecular weight excluding hydrogens is 202 g/mol. The van der Waals surface area contributed by atoms with E-state index in [1.807, 2.05) is 18.2 Å². The highest BCUT2D eigenvalue weighted by molar-refractivity contribution is 7.13. The van der Waals surface area contributed by atoms with Crippen LogP contribution in [0.15, 0.2) is 47.8 Å². The monoisotopic (exact) mass is 210 g/mol. The largest absolute Gasteiger partial charge is 0.246 e. The fraction of sp³-hybridized carbons (Fsp3) is 0. The number of nitrogens with zero attached hydrogens (tertiary/aromatic N) is 1. The van der Waals surface area contributed by atoms with Gasteiger partial charge in [-0.05, 0) is 17.5 Å². The molecule has 71 valence electrons. The summed E-state index contributed by atoms with van der Waals surface area (Å²) in [5.74, 6) is 0. The van der Waals surface area contributed by atoms with Gasteiger partial charge < -0.3 is 0 Å². The molecule has 1 radical (unpaired) electrons. The quantitative estimate of drug-likeness (QED) is 0.596. The summed E-state index contributed by atoms with van der Waals surface area (Å²) < 4.78 is 0. The molecule has 0 bridgehead atoms. The van der Waals surface area contributed by atoms with E-state index in [-0.39, 0.29) is 0 Å². The van der Waals surface area contributed by atoms with Crippen molar-refractivity contribution < 1.29 is 0 Å². The summed E-state index contributed by atoms with van der Waals surface area (Å²) >= 11 is 1.71. The lowest BCUT2D eigenvalue weighted by molar-refractivity contribution is 1.42. The van der Waals surface area contributed by atoms with Crippen molar-refractivity contribution >= 4 is 22.2 Å². The highest BCUT2D eigenvalue weighted by atomic mass is 32.1. The second-order valence-electron chi connectivity index (χ2n) is 3.28. The Balaban J connectivity index is 2.22. The molecule has 1 nitrogen and oxygen atoms in total. The third kappa shape index (κ3) is 1.53. The Hall–Kier alpha value is -1.67. The first-order valence-corrected chi connectivity index (χ1v) is 5.63. The molecule has 2 heterocycles. The van der Waals surface area contributed by atoms with E-state index >= 15 is 0 Å². The molecule has 3 aromatic rings. The van der Waals surface area contributed by atoms with Crippen LogP contribution >= 0.6 is 11.3 Å². The van der Waals surface area contributed by atoms with Crippen molar-refractivity contribution in [1.82, 2.24) is 4.98 Å². The summed E-state index contributed by atoms with van der Waals surface area (Å²) in [4.78, 5) is 5.78. The molecule has 0 fully saturated rings. The van der Waals surface area contributed by atoms with Gasteiger partial charge in [0.1, 0.15) is 0 Å². The normalized spacial score (nSPS) is 10.7. The van der Waals surface area contributed by atoms with Gasteiger partial charge in [-0.2, -0.15) is 0 Å². The van der Waals surface area contributed by atoms with Gasteiger partial charge in [0.15, 0.2) is 0 Å². The first kappa shape index (κ1) is 8.62. The minimum Gasteiger partial charge on any atom is -0.246 e. The molecule has 0 atom stereocenters. The number of rotatable bonds is 1. The highest BCUT2D eigenvalue weighted by Gasteiger charge is 2.01. The van der Waals surface area contributed by atoms with Crippen LogP contribution in [0.2, 0.25) is 0 Å². The number of hydrogen-bond donors (Lipinski definition) is 0. The number of thiophene rings is 1. The lowest BCUT2D eigenvalue weighted by Crippen LogP contribution is -1.82. The molecule has 3 rings (SSSR count). The summed E-state index contributed by atoms with van der Waals surface area (Å²) in [5.41, 5.74) is 1.96. The smallest absolute Gasteiger partial charge is 0.0809 e. The number of pyridine rings is 1. The molecule has 0 aliphatic rings. The third-order valence-corrected chi connectivity index (χ3v) is 3.18. The van der Waals surface area contributed by atoms with E-state index in [9.17, 15) is 0 Å². The van der Waals surface area contributed by atoms with Crippen LogP contribution in [0.5, 0.6) is 0 Å². The Bertz CT molecular complexity index is 584. The van der Waals surface area contributed by atoms with Gasteiger partial charge >= 0.3 is 0 Å². The second kappa shape index (κ2) is 3.48. The van der Waals surface area contributed by atoms with E-state index in [0.717, 1.165) is 16.6 Å². The van der Waals surface area contributed by atoms with Crippen LogP contribution in [0.4, 0.5) is 0 Å². The predicted molar refractivity (Wildman–Crippen MR) is 63.9 cm³/mol. The zero-order chi connectivity index (χ0) is 10.1. The molecule has 0 aliphatic carbocycles. The van der Waals surface area contributed by atoms with Crippen molar-refractivity contribution in [1.29, 1.82) is 0 Å². The lowest BCUT2D eigenvalue weighted by atomic mass is 10.2. The topological polar surface area (TPSA) is 12.9 Å². The number of hydrogen-bond acceptors (Lipinski definition) is 2. The fourth-order valence-electron chi connectivity index (χ4n) is 1.56. The van der Waals surface area contributed by atoms with E-state index in [1.165, 1.54) is 4.88 Å². The molecule has 0 N–H and O–H groups in total. The maximum absolute atomic E-state index is 4.57. The van der Waals surface area contributed by atoms with Gasteiger partial charge in [-0.1, -0.05) is 30.3 Å². The van der Waals surface area contributed by atoms with Crippen LogP contribution in [0.25, 0.3) is 21.5 Å². The molecule has 0 unspecified atom stereocenters. The van der Waals surface area contributed by atoms with Crippen LogP contribution in [0.1, 0.15) is 0 Å². The van der Waals surface area contributed by atoms with Crippen molar-refractivity contribution in [3.63, 3.8) is 0 Å². The Kier molecular flexibility index (Phi) is 2.00. The van der Waals surface area contributed by atoms with E-state index in [0.29, 0.717) is 0 Å². The number of benzene rings is 1. The van der Waals surface area contributed by atoms with Gasteiger partial charge in [0.2, 0.25) is 0 Å². The molecule has 0 aliphatic heterocycles. The first-order chi connectivity index (χ1) is 7.43. The minimum absolute atomic E-state index is 0.934. The number of fused-ring (bicyclic) bond motifs is 1. The van der Waals surface area contributed by atoms with Gasteiger partial charge in [-0.15, -0.1) is 11.3 Å². The van der Waals surface area contributed by atoms with Crippen molar-refractivity contribution in [2.75, 3.05) is 0 Å². The standard InChI is InChI=1S/C13H8NS/c1-2-5-11-10(4-1)7-8-12(14-11)13-6-3-9-15-13/h1-4,6-9H. The summed E-state index contributed by atoms with van der Waals surface area (Å²) in [6.07, 6.45) is 0. The van der Waals surface area contributed by atoms with Crippen molar-refractivity contribution in [2.45, 2.75) is 0 Å². The average Bonchev–Trinajstić information content (AvgIpc) is 2.82. The average molecular weight is 210 g/mol. The zero-order valence-corrected chi connectivity index (χ0v) is 8.79. The molecule has 2 aromatic heterocycles. The Labute approximate surface area is 92.0 Å². The highest BCUT2D eigenvalue weighted by Crippen LogP contribution is 2.24. The van der Waals surface area contributed by atoms with Crippen molar-refractivity contribution in [3.8, 4) is 10.6 Å². The maximum Gasteiger partial charge on any atom is 0.0809 e. The molecule has 2 heteroatoms. The predicted octanol–water partition coefficient (Wildman–Crippen LogP) is 3.76. The minimum atomic E-state index is 0.934. The number of aromatic nitrogens is 1. The van der Waals surface area contributed by atoms with Crippen LogP contribution in [-0.2, 0) is 0 Å².